The molecule has 0 saturated carbocycles. The molecule has 2 aromatic carbocycles. The molecule has 9 nitrogen and oxygen atoms in total. The summed E-state index contributed by atoms with van der Waals surface area (Å²) in [4.78, 5) is 33.5. The van der Waals surface area contributed by atoms with Crippen LogP contribution in [0.2, 0.25) is 0 Å². The second-order valence-corrected chi connectivity index (χ2v) is 8.44. The average Bonchev–Trinajstić information content (AvgIpc) is 3.41. The summed E-state index contributed by atoms with van der Waals surface area (Å²) < 4.78 is 12.6. The normalized spacial score (nSPS) is 13.9. The van der Waals surface area contributed by atoms with Gasteiger partial charge >= 0.3 is 0 Å². The van der Waals surface area contributed by atoms with Crippen LogP contribution in [-0.2, 0) is 17.9 Å². The molecule has 1 N–H and O–H groups in total. The molecule has 1 aromatic heterocycles. The van der Waals surface area contributed by atoms with Crippen LogP contribution in [-0.4, -0.2) is 71.6 Å². The van der Waals surface area contributed by atoms with Crippen LogP contribution in [0.4, 0.5) is 5.69 Å². The standard InChI is InChI=1S/C26H31N5O4/c1-34-23-7-6-20(16-24(23)35-2)18-29-12-14-31(15-13-29)26(33)21-4-3-5-22(17-21)28-25(32)8-10-30-11-9-27-19-30/h3-7,9,11,16-17,19H,8,10,12-15,18H2,1-2H3,(H,28,32). The van der Waals surface area contributed by atoms with Gasteiger partial charge in [-0.05, 0) is 35.9 Å². The minimum atomic E-state index is -0.105. The second-order valence-electron chi connectivity index (χ2n) is 8.44. The summed E-state index contributed by atoms with van der Waals surface area (Å²) in [7, 11) is 3.26. The number of carbonyl (C=O) groups excluding carboxylic acids is 2. The van der Waals surface area contributed by atoms with Crippen molar-refractivity contribution < 1.29 is 19.1 Å². The van der Waals surface area contributed by atoms with Crippen molar-refractivity contribution in [3.05, 3.63) is 72.3 Å². The van der Waals surface area contributed by atoms with Crippen molar-refractivity contribution in [1.29, 1.82) is 0 Å². The van der Waals surface area contributed by atoms with E-state index in [4.69, 9.17) is 9.47 Å². The lowest BCUT2D eigenvalue weighted by atomic mass is 10.1. The lowest BCUT2D eigenvalue weighted by molar-refractivity contribution is -0.116. The van der Waals surface area contributed by atoms with Crippen molar-refractivity contribution in [2.75, 3.05) is 45.7 Å². The number of aromatic nitrogens is 2. The van der Waals surface area contributed by atoms with E-state index in [1.165, 1.54) is 0 Å². The number of hydrogen-bond donors (Lipinski definition) is 1. The number of nitrogens with one attached hydrogen (secondary N) is 1. The summed E-state index contributed by atoms with van der Waals surface area (Å²) in [6, 6.07) is 13.1. The topological polar surface area (TPSA) is 88.9 Å². The van der Waals surface area contributed by atoms with Crippen LogP contribution in [0.3, 0.4) is 0 Å². The number of rotatable bonds is 9. The Hall–Kier alpha value is -3.85. The summed E-state index contributed by atoms with van der Waals surface area (Å²) in [5, 5.41) is 2.88. The first-order chi connectivity index (χ1) is 17.1. The lowest BCUT2D eigenvalue weighted by Crippen LogP contribution is -2.48. The summed E-state index contributed by atoms with van der Waals surface area (Å²) in [6.07, 6.45) is 5.51. The highest BCUT2D eigenvalue weighted by Crippen LogP contribution is 2.28. The first kappa shape index (κ1) is 24.3. The third kappa shape index (κ3) is 6.39. The van der Waals surface area contributed by atoms with Crippen molar-refractivity contribution in [3.8, 4) is 11.5 Å². The van der Waals surface area contributed by atoms with E-state index in [-0.39, 0.29) is 11.8 Å². The van der Waals surface area contributed by atoms with Gasteiger partial charge in [-0.2, -0.15) is 0 Å². The van der Waals surface area contributed by atoms with Crippen molar-refractivity contribution in [1.82, 2.24) is 19.4 Å². The van der Waals surface area contributed by atoms with E-state index in [0.29, 0.717) is 48.8 Å². The third-order valence-corrected chi connectivity index (χ3v) is 6.06. The zero-order valence-electron chi connectivity index (χ0n) is 20.1. The molecule has 0 atom stereocenters. The van der Waals surface area contributed by atoms with Gasteiger partial charge in [0.15, 0.2) is 11.5 Å². The minimum Gasteiger partial charge on any atom is -0.493 e. The molecular weight excluding hydrogens is 446 g/mol. The fourth-order valence-electron chi connectivity index (χ4n) is 4.13. The number of amides is 2. The van der Waals surface area contributed by atoms with Crippen LogP contribution in [0.25, 0.3) is 0 Å². The number of nitrogens with zero attached hydrogens (tertiary/aromatic N) is 4. The number of hydrogen-bond acceptors (Lipinski definition) is 6. The van der Waals surface area contributed by atoms with Gasteiger partial charge in [0.2, 0.25) is 5.91 Å². The highest BCUT2D eigenvalue weighted by atomic mass is 16.5. The first-order valence-electron chi connectivity index (χ1n) is 11.6. The molecule has 0 radical (unpaired) electrons. The Kier molecular flexibility index (Phi) is 7.99. The molecule has 0 bridgehead atoms. The van der Waals surface area contributed by atoms with Crippen LogP contribution >= 0.6 is 0 Å². The highest BCUT2D eigenvalue weighted by Gasteiger charge is 2.23. The van der Waals surface area contributed by atoms with Gasteiger partial charge in [-0.15, -0.1) is 0 Å². The molecule has 2 amide bonds. The number of aryl methyl sites for hydroxylation is 1. The number of benzene rings is 2. The molecule has 3 aromatic rings. The molecule has 184 valence electrons. The maximum absolute atomic E-state index is 13.1. The molecule has 1 fully saturated rings. The molecule has 2 heterocycles. The fourth-order valence-corrected chi connectivity index (χ4v) is 4.13. The fraction of sp³-hybridized carbons (Fsp3) is 0.346. The largest absolute Gasteiger partial charge is 0.493 e. The van der Waals surface area contributed by atoms with E-state index in [1.54, 1.807) is 51.0 Å². The van der Waals surface area contributed by atoms with E-state index in [9.17, 15) is 9.59 Å². The zero-order chi connectivity index (χ0) is 24.6. The van der Waals surface area contributed by atoms with Crippen LogP contribution in [0.15, 0.2) is 61.2 Å². The molecule has 35 heavy (non-hydrogen) atoms. The average molecular weight is 478 g/mol. The summed E-state index contributed by atoms with van der Waals surface area (Å²) in [5.41, 5.74) is 2.34. The molecule has 1 aliphatic rings. The molecule has 0 aliphatic carbocycles. The number of methoxy groups -OCH3 is 2. The molecule has 1 aliphatic heterocycles. The number of imidazole rings is 1. The number of anilines is 1. The monoisotopic (exact) mass is 477 g/mol. The van der Waals surface area contributed by atoms with Gasteiger partial charge in [-0.1, -0.05) is 12.1 Å². The Bertz CT molecular complexity index is 1140. The summed E-state index contributed by atoms with van der Waals surface area (Å²) >= 11 is 0. The Morgan fingerprint density at radius 3 is 2.51 bits per heavy atom. The van der Waals surface area contributed by atoms with Gasteiger partial charge in [0.05, 0.1) is 20.5 Å². The van der Waals surface area contributed by atoms with E-state index >= 15 is 0 Å². The number of carbonyl (C=O) groups is 2. The van der Waals surface area contributed by atoms with Crippen LogP contribution in [0, 0.1) is 0 Å². The van der Waals surface area contributed by atoms with Crippen LogP contribution < -0.4 is 14.8 Å². The van der Waals surface area contributed by atoms with Crippen LogP contribution in [0.1, 0.15) is 22.3 Å². The number of ether oxygens (including phenoxy) is 2. The Morgan fingerprint density at radius 1 is 1.00 bits per heavy atom. The van der Waals surface area contributed by atoms with Crippen molar-refractivity contribution >= 4 is 17.5 Å². The van der Waals surface area contributed by atoms with Gasteiger partial charge < -0.3 is 24.3 Å². The summed E-state index contributed by atoms with van der Waals surface area (Å²) in [5.74, 6) is 1.30. The lowest BCUT2D eigenvalue weighted by Gasteiger charge is -2.35. The summed E-state index contributed by atoms with van der Waals surface area (Å²) in [6.45, 7) is 4.19. The number of piperazine rings is 1. The third-order valence-electron chi connectivity index (χ3n) is 6.06. The van der Waals surface area contributed by atoms with Gasteiger partial charge in [-0.25, -0.2) is 4.98 Å². The molecule has 0 spiro atoms. The zero-order valence-corrected chi connectivity index (χ0v) is 20.1. The predicted octanol–water partition coefficient (Wildman–Crippen LogP) is 2.89. The molecule has 4 rings (SSSR count). The Labute approximate surface area is 205 Å². The van der Waals surface area contributed by atoms with Gasteiger partial charge in [0.1, 0.15) is 0 Å². The van der Waals surface area contributed by atoms with Crippen molar-refractivity contribution in [2.45, 2.75) is 19.5 Å². The highest BCUT2D eigenvalue weighted by molar-refractivity contribution is 5.97. The molecule has 9 heteroatoms. The van der Waals surface area contributed by atoms with E-state index < -0.39 is 0 Å². The van der Waals surface area contributed by atoms with E-state index in [1.807, 2.05) is 33.9 Å². The quantitative estimate of drug-likeness (QED) is 0.510. The van der Waals surface area contributed by atoms with Gasteiger partial charge in [-0.3, -0.25) is 14.5 Å². The van der Waals surface area contributed by atoms with E-state index in [0.717, 1.165) is 25.2 Å². The maximum atomic E-state index is 13.1. The Morgan fingerprint density at radius 2 is 1.80 bits per heavy atom. The van der Waals surface area contributed by atoms with Crippen molar-refractivity contribution in [3.63, 3.8) is 0 Å². The smallest absolute Gasteiger partial charge is 0.254 e. The van der Waals surface area contributed by atoms with Gasteiger partial charge in [0, 0.05) is 69.3 Å². The molecule has 1 saturated heterocycles. The minimum absolute atomic E-state index is 0.0229. The van der Waals surface area contributed by atoms with E-state index in [2.05, 4.69) is 15.2 Å². The first-order valence-corrected chi connectivity index (χ1v) is 11.6. The predicted molar refractivity (Wildman–Crippen MR) is 133 cm³/mol. The maximum Gasteiger partial charge on any atom is 0.254 e. The molecular formula is C26H31N5O4. The SMILES string of the molecule is COc1ccc(CN2CCN(C(=O)c3cccc(NC(=O)CCn4ccnc4)c3)CC2)cc1OC. The second kappa shape index (κ2) is 11.5. The Balaban J connectivity index is 1.28. The van der Waals surface area contributed by atoms with Gasteiger partial charge in [0.25, 0.3) is 5.91 Å². The van der Waals surface area contributed by atoms with Crippen molar-refractivity contribution in [2.24, 2.45) is 0 Å². The van der Waals surface area contributed by atoms with Crippen LogP contribution in [0.5, 0.6) is 11.5 Å². The molecule has 0 unspecified atom stereocenters.